The Hall–Kier alpha value is -2.19. The van der Waals surface area contributed by atoms with Gasteiger partial charge in [0.15, 0.2) is 18.2 Å². The summed E-state index contributed by atoms with van der Waals surface area (Å²) in [6.07, 6.45) is 21.9. The number of para-hydroxylation sites is 1. The van der Waals surface area contributed by atoms with Crippen molar-refractivity contribution in [3.8, 4) is 5.75 Å². The van der Waals surface area contributed by atoms with Crippen LogP contribution in [0.3, 0.4) is 0 Å². The minimum absolute atomic E-state index is 0.00277. The molecule has 0 spiro atoms. The van der Waals surface area contributed by atoms with Crippen LogP contribution in [-0.4, -0.2) is 54.7 Å². The van der Waals surface area contributed by atoms with E-state index < -0.39 is 17.9 Å². The molecule has 0 amide bonds. The zero-order valence-electron chi connectivity index (χ0n) is 28.9. The Morgan fingerprint density at radius 2 is 1.67 bits per heavy atom. The number of unbranched alkanes of at least 4 members (excludes halogenated alkanes) is 1. The first-order valence-electron chi connectivity index (χ1n) is 18.0. The Labute approximate surface area is 278 Å². The predicted molar refractivity (Wildman–Crippen MR) is 182 cm³/mol. The molecule has 4 rings (SSSR count). The summed E-state index contributed by atoms with van der Waals surface area (Å²) in [4.78, 5) is 12.2. The number of carboxylic acids is 1. The first-order valence-corrected chi connectivity index (χ1v) is 18.0. The van der Waals surface area contributed by atoms with Crippen LogP contribution in [0.1, 0.15) is 118 Å². The number of benzene rings is 1. The molecule has 7 nitrogen and oxygen atoms in total. The number of ether oxygens (including phenoxy) is 5. The number of allylic oxidation sites excluding steroid dienone is 3. The summed E-state index contributed by atoms with van der Waals surface area (Å²) in [7, 11) is 0. The van der Waals surface area contributed by atoms with Crippen molar-refractivity contribution in [1.82, 2.24) is 0 Å². The molecule has 1 saturated carbocycles. The summed E-state index contributed by atoms with van der Waals surface area (Å²) in [5.74, 6) is 0.622. The van der Waals surface area contributed by atoms with Crippen molar-refractivity contribution in [3.63, 3.8) is 0 Å². The molecule has 2 saturated heterocycles. The maximum atomic E-state index is 12.2. The molecular weight excluding hydrogens is 580 g/mol. The van der Waals surface area contributed by atoms with Gasteiger partial charge >= 0.3 is 5.97 Å². The molecule has 2 heterocycles. The molecular formula is C39H60O7. The molecule has 7 heteroatoms. The Bertz CT molecular complexity index is 1070. The third-order valence-electron chi connectivity index (χ3n) is 10.1. The third kappa shape index (κ3) is 11.2. The number of hydrogen-bond donors (Lipinski definition) is 1. The molecule has 2 aliphatic heterocycles. The van der Waals surface area contributed by atoms with E-state index in [2.05, 4.69) is 45.1 Å². The zero-order chi connectivity index (χ0) is 32.8. The van der Waals surface area contributed by atoms with Gasteiger partial charge in [0.25, 0.3) is 0 Å². The minimum Gasteiger partial charge on any atom is -0.490 e. The minimum atomic E-state index is -1.27. The molecule has 3 fully saturated rings. The molecule has 0 bridgehead atoms. The summed E-state index contributed by atoms with van der Waals surface area (Å²) in [6, 6.07) is 10.1. The quantitative estimate of drug-likeness (QED) is 0.160. The van der Waals surface area contributed by atoms with E-state index in [4.69, 9.17) is 23.7 Å². The van der Waals surface area contributed by atoms with Gasteiger partial charge in [-0.3, -0.25) is 0 Å². The van der Waals surface area contributed by atoms with Crippen LogP contribution in [0.4, 0.5) is 0 Å². The van der Waals surface area contributed by atoms with Crippen LogP contribution in [0, 0.1) is 17.3 Å². The van der Waals surface area contributed by atoms with Crippen molar-refractivity contribution in [2.75, 3.05) is 13.2 Å². The monoisotopic (exact) mass is 640 g/mol. The van der Waals surface area contributed by atoms with Gasteiger partial charge in [-0.1, -0.05) is 76.1 Å². The normalized spacial score (nSPS) is 28.0. The van der Waals surface area contributed by atoms with Crippen LogP contribution in [0.2, 0.25) is 0 Å². The Morgan fingerprint density at radius 3 is 2.33 bits per heavy atom. The SMILES string of the molecule is CCCCC(C)(C)C(C=C[C@H]1CC[C@@H](Oc2ccccc2)[C@@H]1CC=CCCC(C)(OC1CCCCO1)C(=O)O)OC1CCCCO1. The lowest BCUT2D eigenvalue weighted by molar-refractivity contribution is -0.229. The Morgan fingerprint density at radius 1 is 0.957 bits per heavy atom. The highest BCUT2D eigenvalue weighted by Gasteiger charge is 2.38. The number of rotatable bonds is 18. The van der Waals surface area contributed by atoms with Crippen molar-refractivity contribution >= 4 is 5.97 Å². The van der Waals surface area contributed by atoms with Gasteiger partial charge in [0, 0.05) is 19.1 Å². The van der Waals surface area contributed by atoms with E-state index in [1.807, 2.05) is 30.3 Å². The van der Waals surface area contributed by atoms with Crippen molar-refractivity contribution in [1.29, 1.82) is 0 Å². The van der Waals surface area contributed by atoms with E-state index in [1.54, 1.807) is 6.92 Å². The zero-order valence-corrected chi connectivity index (χ0v) is 28.9. The van der Waals surface area contributed by atoms with Crippen LogP contribution < -0.4 is 4.74 Å². The molecule has 4 unspecified atom stereocenters. The largest absolute Gasteiger partial charge is 0.490 e. The summed E-state index contributed by atoms with van der Waals surface area (Å²) >= 11 is 0. The highest BCUT2D eigenvalue weighted by atomic mass is 16.7. The van der Waals surface area contributed by atoms with Crippen LogP contribution in [0.25, 0.3) is 0 Å². The molecule has 7 atom stereocenters. The Kier molecular flexibility index (Phi) is 14.6. The average molecular weight is 641 g/mol. The molecule has 46 heavy (non-hydrogen) atoms. The van der Waals surface area contributed by atoms with E-state index in [-0.39, 0.29) is 23.9 Å². The average Bonchev–Trinajstić information content (AvgIpc) is 3.43. The standard InChI is InChI=1S/C39H60O7/c1-5-6-26-38(2,3)34(45-35-20-12-15-28-42-35)25-23-30-22-24-33(44-31-17-9-7-10-18-31)32(30)19-11-8-14-27-39(4,37(40)41)46-36-21-13-16-29-43-36/h7-11,17-18,23,25,30,32-36H,5-6,12-16,19-22,24,26-29H2,1-4H3,(H,40,41)/t30-,32-,33-,34?,35?,36?,39?/m1/s1. The lowest BCUT2D eigenvalue weighted by Gasteiger charge is -2.36. The van der Waals surface area contributed by atoms with Gasteiger partial charge in [-0.15, -0.1) is 0 Å². The van der Waals surface area contributed by atoms with Gasteiger partial charge in [-0.25, -0.2) is 4.79 Å². The highest BCUT2D eigenvalue weighted by molar-refractivity contribution is 5.76. The van der Waals surface area contributed by atoms with Crippen LogP contribution in [-0.2, 0) is 23.7 Å². The van der Waals surface area contributed by atoms with E-state index in [9.17, 15) is 9.90 Å². The van der Waals surface area contributed by atoms with Crippen molar-refractivity contribution in [2.45, 2.75) is 148 Å². The summed E-state index contributed by atoms with van der Waals surface area (Å²) in [6.45, 7) is 9.97. The molecule has 1 aliphatic carbocycles. The van der Waals surface area contributed by atoms with Gasteiger partial charge in [0.2, 0.25) is 0 Å². The summed E-state index contributed by atoms with van der Waals surface area (Å²) < 4.78 is 30.9. The lowest BCUT2D eigenvalue weighted by atomic mass is 9.80. The summed E-state index contributed by atoms with van der Waals surface area (Å²) in [5.41, 5.74) is -1.27. The van der Waals surface area contributed by atoms with Gasteiger partial charge < -0.3 is 28.8 Å². The van der Waals surface area contributed by atoms with E-state index >= 15 is 0 Å². The van der Waals surface area contributed by atoms with Crippen LogP contribution in [0.5, 0.6) is 5.75 Å². The fourth-order valence-corrected chi connectivity index (χ4v) is 6.98. The second kappa shape index (κ2) is 18.4. The smallest absolute Gasteiger partial charge is 0.335 e. The topological polar surface area (TPSA) is 83.5 Å². The van der Waals surface area contributed by atoms with E-state index in [1.165, 1.54) is 12.8 Å². The van der Waals surface area contributed by atoms with Gasteiger partial charge in [-0.05, 0) is 107 Å². The van der Waals surface area contributed by atoms with Crippen molar-refractivity contribution in [3.05, 3.63) is 54.6 Å². The first-order chi connectivity index (χ1) is 22.2. The molecule has 258 valence electrons. The second-order valence-corrected chi connectivity index (χ2v) is 14.4. The fourth-order valence-electron chi connectivity index (χ4n) is 6.98. The first kappa shape index (κ1) is 36.6. The number of carbonyl (C=O) groups is 1. The van der Waals surface area contributed by atoms with Gasteiger partial charge in [0.1, 0.15) is 11.9 Å². The lowest BCUT2D eigenvalue weighted by Crippen LogP contribution is -2.43. The number of hydrogen-bond acceptors (Lipinski definition) is 6. The number of aliphatic carboxylic acids is 1. The Balaban J connectivity index is 1.43. The molecule has 1 aromatic rings. The van der Waals surface area contributed by atoms with Gasteiger partial charge in [0.05, 0.1) is 6.10 Å². The van der Waals surface area contributed by atoms with E-state index in [0.29, 0.717) is 31.3 Å². The molecule has 1 N–H and O–H groups in total. The molecule has 1 aromatic carbocycles. The molecule has 3 aliphatic rings. The van der Waals surface area contributed by atoms with Crippen LogP contribution in [0.15, 0.2) is 54.6 Å². The highest BCUT2D eigenvalue weighted by Crippen LogP contribution is 2.40. The fraction of sp³-hybridized carbons (Fsp3) is 0.718. The van der Waals surface area contributed by atoms with Gasteiger partial charge in [-0.2, -0.15) is 0 Å². The molecule has 0 aromatic heterocycles. The molecule has 0 radical (unpaired) electrons. The maximum absolute atomic E-state index is 12.2. The van der Waals surface area contributed by atoms with Crippen molar-refractivity contribution in [2.24, 2.45) is 17.3 Å². The predicted octanol–water partition coefficient (Wildman–Crippen LogP) is 9.26. The summed E-state index contributed by atoms with van der Waals surface area (Å²) in [5, 5.41) is 9.97. The second-order valence-electron chi connectivity index (χ2n) is 14.4. The third-order valence-corrected chi connectivity index (χ3v) is 10.1. The van der Waals surface area contributed by atoms with Crippen LogP contribution >= 0.6 is 0 Å². The van der Waals surface area contributed by atoms with E-state index in [0.717, 1.165) is 76.6 Å². The maximum Gasteiger partial charge on any atom is 0.335 e. The van der Waals surface area contributed by atoms with Crippen molar-refractivity contribution < 1.29 is 33.6 Å². The number of carboxylic acid groups (broad SMARTS) is 1.